The van der Waals surface area contributed by atoms with Gasteiger partial charge in [0.25, 0.3) is 0 Å². The van der Waals surface area contributed by atoms with Crippen LogP contribution in [0.1, 0.15) is 78.2 Å². The van der Waals surface area contributed by atoms with Crippen molar-refractivity contribution in [3.63, 3.8) is 0 Å². The molecular weight excluding hydrogens is 767 g/mol. The van der Waals surface area contributed by atoms with E-state index >= 15 is 0 Å². The predicted molar refractivity (Wildman–Crippen MR) is 223 cm³/mol. The predicted octanol–water partition coefficient (Wildman–Crippen LogP) is 0.187. The summed E-state index contributed by atoms with van der Waals surface area (Å²) in [5.74, 6) is -4.90. The Balaban J connectivity index is 2.04. The molecule has 322 valence electrons. The quantitative estimate of drug-likeness (QED) is 0.125. The van der Waals surface area contributed by atoms with E-state index in [2.05, 4.69) is 31.6 Å². The number of carbonyl (C=O) groups excluding carboxylic acids is 7. The van der Waals surface area contributed by atoms with Crippen LogP contribution in [-0.4, -0.2) is 124 Å². The van der Waals surface area contributed by atoms with E-state index in [9.17, 15) is 38.7 Å². The molecule has 17 nitrogen and oxygen atoms in total. The first-order chi connectivity index (χ1) is 27.6. The van der Waals surface area contributed by atoms with E-state index < -0.39 is 95.9 Å². The summed E-state index contributed by atoms with van der Waals surface area (Å²) in [4.78, 5) is 100. The number of likely N-dealkylation sites (N-methyl/N-ethyl adjacent to an activating group) is 1. The second kappa shape index (κ2) is 23.7. The fraction of sp³-hybridized carbons (Fsp3) is 0.625. The third-order valence-electron chi connectivity index (χ3n) is 10.9. The first-order valence-electron chi connectivity index (χ1n) is 20.1. The number of fused-ring (bicyclic) bond motifs is 1. The highest BCUT2D eigenvalue weighted by Gasteiger charge is 2.37. The monoisotopic (exact) mass is 829 g/mol. The van der Waals surface area contributed by atoms with Crippen LogP contribution in [0.4, 0.5) is 0 Å². The van der Waals surface area contributed by atoms with Crippen LogP contribution in [0.15, 0.2) is 30.5 Å². The molecule has 11 N–H and O–H groups in total. The van der Waals surface area contributed by atoms with Crippen molar-refractivity contribution in [3.8, 4) is 0 Å². The number of carbonyl (C=O) groups is 7. The average Bonchev–Trinajstić information content (AvgIpc) is 3.61. The second-order valence-corrected chi connectivity index (χ2v) is 16.3. The minimum atomic E-state index is -1.50. The van der Waals surface area contributed by atoms with Gasteiger partial charge in [0, 0.05) is 42.7 Å². The number of hydrogen-bond donors (Lipinski definition) is 9. The maximum atomic E-state index is 14.1. The normalized spacial score (nSPS) is 23.6. The molecule has 0 radical (unpaired) electrons. The van der Waals surface area contributed by atoms with Crippen LogP contribution < -0.4 is 38.1 Å². The molecule has 1 aliphatic rings. The van der Waals surface area contributed by atoms with Crippen molar-refractivity contribution < 1.29 is 38.7 Å². The third kappa shape index (κ3) is 13.7. The summed E-state index contributed by atoms with van der Waals surface area (Å²) in [7, 11) is 1.51. The summed E-state index contributed by atoms with van der Waals surface area (Å²) < 4.78 is 0. The fourth-order valence-corrected chi connectivity index (χ4v) is 7.69. The number of thioether (sulfide) groups is 1. The zero-order chi connectivity index (χ0) is 42.9. The Bertz CT molecular complexity index is 1720. The maximum Gasteiger partial charge on any atom is 0.245 e. The molecule has 1 aliphatic heterocycles. The van der Waals surface area contributed by atoms with E-state index in [1.807, 2.05) is 38.1 Å². The van der Waals surface area contributed by atoms with Gasteiger partial charge in [-0.1, -0.05) is 58.7 Å². The number of H-pyrrole nitrogens is 1. The Morgan fingerprint density at radius 1 is 0.879 bits per heavy atom. The van der Waals surface area contributed by atoms with Gasteiger partial charge >= 0.3 is 0 Å². The molecule has 1 unspecified atom stereocenters. The van der Waals surface area contributed by atoms with Crippen LogP contribution in [0, 0.1) is 11.8 Å². The Kier molecular flexibility index (Phi) is 19.5. The molecular formula is C40H63N9O8S. The Labute approximate surface area is 344 Å². The summed E-state index contributed by atoms with van der Waals surface area (Å²) >= 11 is 1.35. The summed E-state index contributed by atoms with van der Waals surface area (Å²) in [5.41, 5.74) is 12.8. The number of aliphatic hydroxyl groups excluding tert-OH is 1. The largest absolute Gasteiger partial charge is 0.394 e. The van der Waals surface area contributed by atoms with Gasteiger partial charge < -0.3 is 53.0 Å². The SMILES string of the molecule is CC[C@@H](C)[C@@H]1NC(=O)C([C@@H](C)CC)NC(=O)[C@@H](Cc2c[nH]c3ccccc23)NC(=O)CCSCC[C@@H](C(=O)N(C)[C@H](CO)CCCN)NC(=O)[C@H](CC(N)=O)NC1=O. The van der Waals surface area contributed by atoms with E-state index in [1.165, 1.54) is 23.7 Å². The number of aliphatic hydroxyl groups is 1. The standard InChI is InChI=1S/C40H63N9O8S/c1-6-23(3)34-38(55)46-31(20-32(42)51)36(53)45-29(40(57)49(5)26(22-50)11-10-16-41)14-17-58-18-15-33(52)44-30(19-25-21-43-28-13-9-8-12-27(25)28)37(54)47-35(24(4)7-2)39(56)48-34/h8-9,12-13,21,23-24,26,29-31,34-35,43,50H,6-7,10-11,14-20,22,41H2,1-5H3,(H2,42,51)(H,44,52)(H,45,53)(H,46,55)(H,47,54)(H,48,56)/t23-,24+,26+,29+,30-,31+,34+,35?/m1/s1. The summed E-state index contributed by atoms with van der Waals surface area (Å²) in [5, 5.41) is 24.7. The van der Waals surface area contributed by atoms with Crippen LogP contribution in [0.25, 0.3) is 10.9 Å². The minimum Gasteiger partial charge on any atom is -0.394 e. The van der Waals surface area contributed by atoms with Crippen LogP contribution >= 0.6 is 11.8 Å². The average molecular weight is 830 g/mol. The number of benzene rings is 1. The molecule has 0 saturated carbocycles. The van der Waals surface area contributed by atoms with Gasteiger partial charge in [0.1, 0.15) is 30.2 Å². The number of primary amides is 1. The van der Waals surface area contributed by atoms with Crippen molar-refractivity contribution in [2.24, 2.45) is 23.3 Å². The highest BCUT2D eigenvalue weighted by atomic mass is 32.2. The maximum absolute atomic E-state index is 14.1. The Hall–Kier alpha value is -4.68. The van der Waals surface area contributed by atoms with Gasteiger partial charge in [0.2, 0.25) is 41.4 Å². The molecule has 0 spiro atoms. The lowest BCUT2D eigenvalue weighted by Gasteiger charge is -2.32. The molecule has 1 saturated heterocycles. The first kappa shape index (κ1) is 47.7. The number of nitrogens with one attached hydrogen (secondary N) is 6. The molecule has 1 fully saturated rings. The number of aromatic amines is 1. The molecule has 8 atom stereocenters. The Morgan fingerprint density at radius 2 is 1.50 bits per heavy atom. The van der Waals surface area contributed by atoms with Crippen molar-refractivity contribution in [1.29, 1.82) is 0 Å². The number of para-hydroxylation sites is 1. The molecule has 0 aliphatic carbocycles. The molecule has 58 heavy (non-hydrogen) atoms. The lowest BCUT2D eigenvalue weighted by atomic mass is 9.94. The first-order valence-corrected chi connectivity index (χ1v) is 21.3. The van der Waals surface area contributed by atoms with Crippen molar-refractivity contribution in [2.45, 2.75) is 115 Å². The van der Waals surface area contributed by atoms with Gasteiger partial charge in [-0.15, -0.1) is 0 Å². The number of aromatic nitrogens is 1. The van der Waals surface area contributed by atoms with Gasteiger partial charge in [-0.2, -0.15) is 11.8 Å². The highest BCUT2D eigenvalue weighted by Crippen LogP contribution is 2.21. The van der Waals surface area contributed by atoms with Gasteiger partial charge in [-0.3, -0.25) is 33.6 Å². The Morgan fingerprint density at radius 3 is 2.12 bits per heavy atom. The number of nitrogens with zero attached hydrogens (tertiary/aromatic N) is 1. The fourth-order valence-electron chi connectivity index (χ4n) is 6.75. The van der Waals surface area contributed by atoms with Gasteiger partial charge in [-0.25, -0.2) is 0 Å². The lowest BCUT2D eigenvalue weighted by molar-refractivity contribution is -0.139. The van der Waals surface area contributed by atoms with Crippen LogP contribution in [0.5, 0.6) is 0 Å². The number of rotatable bonds is 14. The van der Waals surface area contributed by atoms with Crippen molar-refractivity contribution >= 4 is 64.0 Å². The zero-order valence-electron chi connectivity index (χ0n) is 34.3. The number of nitrogens with two attached hydrogens (primary N) is 2. The van der Waals surface area contributed by atoms with E-state index in [1.54, 1.807) is 20.0 Å². The van der Waals surface area contributed by atoms with Gasteiger partial charge in [0.05, 0.1) is 19.1 Å². The molecule has 3 rings (SSSR count). The van der Waals surface area contributed by atoms with Crippen LogP contribution in [-0.2, 0) is 40.0 Å². The third-order valence-corrected chi connectivity index (χ3v) is 11.9. The summed E-state index contributed by atoms with van der Waals surface area (Å²) in [6.07, 6.45) is 3.31. The van der Waals surface area contributed by atoms with Crippen LogP contribution in [0.3, 0.4) is 0 Å². The van der Waals surface area contributed by atoms with Crippen LogP contribution in [0.2, 0.25) is 0 Å². The van der Waals surface area contributed by atoms with Crippen molar-refractivity contribution in [2.75, 3.05) is 31.7 Å². The highest BCUT2D eigenvalue weighted by molar-refractivity contribution is 7.99. The van der Waals surface area contributed by atoms with E-state index in [0.29, 0.717) is 43.7 Å². The molecule has 2 aromatic rings. The molecule has 7 amide bonds. The van der Waals surface area contributed by atoms with Gasteiger partial charge in [0.15, 0.2) is 0 Å². The smallest absolute Gasteiger partial charge is 0.245 e. The molecule has 0 bridgehead atoms. The van der Waals surface area contributed by atoms with E-state index in [0.717, 1.165) is 16.5 Å². The van der Waals surface area contributed by atoms with Crippen molar-refractivity contribution in [1.82, 2.24) is 36.5 Å². The number of amides is 7. The zero-order valence-corrected chi connectivity index (χ0v) is 35.1. The molecule has 18 heteroatoms. The van der Waals surface area contributed by atoms with Gasteiger partial charge in [-0.05, 0) is 55.0 Å². The van der Waals surface area contributed by atoms with E-state index in [4.69, 9.17) is 11.5 Å². The lowest BCUT2D eigenvalue weighted by Crippen LogP contribution is -2.62. The molecule has 2 heterocycles. The summed E-state index contributed by atoms with van der Waals surface area (Å²) in [6.45, 7) is 7.21. The van der Waals surface area contributed by atoms with Crippen molar-refractivity contribution in [3.05, 3.63) is 36.0 Å². The summed E-state index contributed by atoms with van der Waals surface area (Å²) in [6, 6.07) is 0.972. The molecule has 1 aromatic carbocycles. The molecule has 1 aromatic heterocycles. The second-order valence-electron chi connectivity index (χ2n) is 15.1. The number of hydrogen-bond acceptors (Lipinski definition) is 10. The minimum absolute atomic E-state index is 0.0253. The topological polar surface area (TPSA) is 271 Å². The van der Waals surface area contributed by atoms with E-state index in [-0.39, 0.29) is 25.9 Å².